The normalized spacial score (nSPS) is 19.3. The quantitative estimate of drug-likeness (QED) is 0.634. The Balaban J connectivity index is 2.87. The predicted molar refractivity (Wildman–Crippen MR) is 76.4 cm³/mol. The van der Waals surface area contributed by atoms with E-state index in [2.05, 4.69) is 0 Å². The number of piperazine rings is 1. The number of carbonyl (C=O) groups is 1. The number of aliphatic carboxylic acids is 1. The number of sulfonamides is 1. The third kappa shape index (κ3) is 4.61. The van der Waals surface area contributed by atoms with Crippen LogP contribution in [0.5, 0.6) is 0 Å². The Bertz CT molecular complexity index is 578. The first-order valence-electron chi connectivity index (χ1n) is 6.40. The molecule has 1 heterocycles. The average Bonchev–Trinajstić information content (AvgIpc) is 2.34. The number of nitrogens with zero attached hydrogens (tertiary/aromatic N) is 3. The van der Waals surface area contributed by atoms with Crippen LogP contribution in [0.4, 0.5) is 0 Å². The Morgan fingerprint density at radius 3 is 1.86 bits per heavy atom. The predicted octanol–water partition coefficient (Wildman–Crippen LogP) is -1.40. The van der Waals surface area contributed by atoms with E-state index >= 15 is 0 Å². The van der Waals surface area contributed by atoms with Crippen molar-refractivity contribution in [2.45, 2.75) is 19.9 Å². The number of carboxylic acid groups (broad SMARTS) is 1. The molecule has 0 saturated carbocycles. The van der Waals surface area contributed by atoms with Gasteiger partial charge >= 0.3 is 5.97 Å². The van der Waals surface area contributed by atoms with Gasteiger partial charge in [-0.05, 0) is 13.8 Å². The molecule has 0 atom stereocenters. The van der Waals surface area contributed by atoms with E-state index in [4.69, 9.17) is 5.11 Å². The molecule has 1 N–H and O–H groups in total. The van der Waals surface area contributed by atoms with E-state index in [1.54, 1.807) is 13.8 Å². The van der Waals surface area contributed by atoms with Crippen molar-refractivity contribution in [2.75, 3.05) is 39.0 Å². The topological polar surface area (TPSA) is 115 Å². The number of rotatable bonds is 6. The zero-order valence-electron chi connectivity index (χ0n) is 12.3. The fourth-order valence-corrected chi connectivity index (χ4v) is 4.60. The van der Waals surface area contributed by atoms with Crippen LogP contribution in [0.1, 0.15) is 13.8 Å². The van der Waals surface area contributed by atoms with Crippen molar-refractivity contribution in [3.8, 4) is 0 Å². The van der Waals surface area contributed by atoms with E-state index in [1.165, 1.54) is 4.31 Å². The van der Waals surface area contributed by atoms with Gasteiger partial charge < -0.3 is 5.11 Å². The largest absolute Gasteiger partial charge is 0.480 e. The Morgan fingerprint density at radius 2 is 1.52 bits per heavy atom. The summed E-state index contributed by atoms with van der Waals surface area (Å²) in [6.07, 6.45) is 1.07. The standard InChI is InChI=1S/C10H21N3O6S2/c1-9(2)13(8-10(14)15)21(18,19)12-6-4-11(5-7-12)20(3,16)17/h9H,4-8H2,1-3H3,(H,14,15). The second-order valence-corrected chi connectivity index (χ2v) is 8.97. The monoisotopic (exact) mass is 343 g/mol. The summed E-state index contributed by atoms with van der Waals surface area (Å²) in [7, 11) is -7.27. The van der Waals surface area contributed by atoms with Gasteiger partial charge in [-0.25, -0.2) is 8.42 Å². The Kier molecular flexibility index (Phi) is 5.72. The molecule has 124 valence electrons. The van der Waals surface area contributed by atoms with Crippen LogP contribution in [0.2, 0.25) is 0 Å². The maximum absolute atomic E-state index is 12.4. The van der Waals surface area contributed by atoms with Crippen LogP contribution in [0.15, 0.2) is 0 Å². The zero-order valence-corrected chi connectivity index (χ0v) is 13.9. The highest BCUT2D eigenvalue weighted by atomic mass is 32.2. The van der Waals surface area contributed by atoms with Crippen LogP contribution in [0.3, 0.4) is 0 Å². The van der Waals surface area contributed by atoms with Crippen molar-refractivity contribution in [3.05, 3.63) is 0 Å². The van der Waals surface area contributed by atoms with Gasteiger partial charge in [0.1, 0.15) is 6.54 Å². The van der Waals surface area contributed by atoms with Gasteiger partial charge in [0.15, 0.2) is 0 Å². The van der Waals surface area contributed by atoms with Crippen LogP contribution in [-0.4, -0.2) is 85.8 Å². The summed E-state index contributed by atoms with van der Waals surface area (Å²) in [5.41, 5.74) is 0. The van der Waals surface area contributed by atoms with Gasteiger partial charge in [-0.15, -0.1) is 0 Å². The van der Waals surface area contributed by atoms with Gasteiger partial charge in [-0.2, -0.15) is 21.3 Å². The molecular weight excluding hydrogens is 322 g/mol. The molecule has 11 heteroatoms. The lowest BCUT2D eigenvalue weighted by Crippen LogP contribution is -2.55. The summed E-state index contributed by atoms with van der Waals surface area (Å²) < 4.78 is 50.9. The lowest BCUT2D eigenvalue weighted by molar-refractivity contribution is -0.137. The van der Waals surface area contributed by atoms with Gasteiger partial charge in [0, 0.05) is 32.2 Å². The number of hydrogen-bond acceptors (Lipinski definition) is 5. The first kappa shape index (κ1) is 18.3. The zero-order chi connectivity index (χ0) is 16.4. The Hall–Kier alpha value is -0.750. The van der Waals surface area contributed by atoms with Gasteiger partial charge in [-0.3, -0.25) is 4.79 Å². The van der Waals surface area contributed by atoms with Crippen LogP contribution in [0, 0.1) is 0 Å². The molecule has 0 unspecified atom stereocenters. The highest BCUT2D eigenvalue weighted by Gasteiger charge is 2.36. The van der Waals surface area contributed by atoms with Crippen molar-refractivity contribution in [2.24, 2.45) is 0 Å². The molecule has 0 spiro atoms. The van der Waals surface area contributed by atoms with Gasteiger partial charge in [0.05, 0.1) is 6.26 Å². The smallest absolute Gasteiger partial charge is 0.318 e. The molecule has 1 rings (SSSR count). The van der Waals surface area contributed by atoms with Crippen LogP contribution in [0.25, 0.3) is 0 Å². The van der Waals surface area contributed by atoms with E-state index < -0.39 is 38.8 Å². The van der Waals surface area contributed by atoms with E-state index in [1.807, 2.05) is 0 Å². The SMILES string of the molecule is CC(C)N(CC(=O)O)S(=O)(=O)N1CCN(S(C)(=O)=O)CC1. The molecule has 0 aromatic heterocycles. The molecule has 1 saturated heterocycles. The van der Waals surface area contributed by atoms with Gasteiger partial charge in [0.2, 0.25) is 10.0 Å². The molecule has 21 heavy (non-hydrogen) atoms. The second-order valence-electron chi connectivity index (χ2n) is 5.10. The molecule has 1 fully saturated rings. The summed E-state index contributed by atoms with van der Waals surface area (Å²) >= 11 is 0. The van der Waals surface area contributed by atoms with Crippen molar-refractivity contribution in [1.82, 2.24) is 12.9 Å². The summed E-state index contributed by atoms with van der Waals surface area (Å²) in [6.45, 7) is 2.72. The highest BCUT2D eigenvalue weighted by Crippen LogP contribution is 2.16. The lowest BCUT2D eigenvalue weighted by atomic mass is 10.4. The van der Waals surface area contributed by atoms with Crippen molar-refractivity contribution < 1.29 is 26.7 Å². The first-order valence-corrected chi connectivity index (χ1v) is 9.64. The third-order valence-electron chi connectivity index (χ3n) is 3.16. The third-order valence-corrected chi connectivity index (χ3v) is 6.62. The van der Waals surface area contributed by atoms with Crippen LogP contribution in [-0.2, 0) is 25.0 Å². The summed E-state index contributed by atoms with van der Waals surface area (Å²) in [5.74, 6) is -1.23. The summed E-state index contributed by atoms with van der Waals surface area (Å²) in [4.78, 5) is 10.8. The maximum Gasteiger partial charge on any atom is 0.318 e. The fourth-order valence-electron chi connectivity index (χ4n) is 2.04. The fraction of sp³-hybridized carbons (Fsp3) is 0.900. The maximum atomic E-state index is 12.4. The van der Waals surface area contributed by atoms with E-state index in [-0.39, 0.29) is 26.2 Å². The minimum atomic E-state index is -3.92. The van der Waals surface area contributed by atoms with Crippen LogP contribution >= 0.6 is 0 Å². The lowest BCUT2D eigenvalue weighted by Gasteiger charge is -2.36. The first-order chi connectivity index (χ1) is 9.46. The second kappa shape index (κ2) is 6.57. The molecule has 0 aliphatic carbocycles. The molecule has 1 aliphatic heterocycles. The minimum absolute atomic E-state index is 0.0121. The van der Waals surface area contributed by atoms with E-state index in [0.29, 0.717) is 0 Å². The molecule has 0 aromatic rings. The number of hydrogen-bond donors (Lipinski definition) is 1. The average molecular weight is 343 g/mol. The minimum Gasteiger partial charge on any atom is -0.480 e. The van der Waals surface area contributed by atoms with Crippen molar-refractivity contribution in [3.63, 3.8) is 0 Å². The van der Waals surface area contributed by atoms with Gasteiger partial charge in [-0.1, -0.05) is 0 Å². The molecule has 0 radical (unpaired) electrons. The van der Waals surface area contributed by atoms with Crippen molar-refractivity contribution >= 4 is 26.2 Å². The summed E-state index contributed by atoms with van der Waals surface area (Å²) in [6, 6.07) is -0.501. The van der Waals surface area contributed by atoms with Crippen molar-refractivity contribution in [1.29, 1.82) is 0 Å². The van der Waals surface area contributed by atoms with Gasteiger partial charge in [0.25, 0.3) is 10.2 Å². The van der Waals surface area contributed by atoms with E-state index in [0.717, 1.165) is 14.9 Å². The number of carboxylic acids is 1. The highest BCUT2D eigenvalue weighted by molar-refractivity contribution is 7.88. The molecule has 0 amide bonds. The molecular formula is C10H21N3O6S2. The van der Waals surface area contributed by atoms with E-state index in [9.17, 15) is 21.6 Å². The Labute approximate surface area is 125 Å². The Morgan fingerprint density at radius 1 is 1.10 bits per heavy atom. The molecule has 1 aliphatic rings. The molecule has 0 aromatic carbocycles. The van der Waals surface area contributed by atoms with Crippen LogP contribution < -0.4 is 0 Å². The summed E-state index contributed by atoms with van der Waals surface area (Å²) in [5, 5.41) is 8.83. The molecule has 9 nitrogen and oxygen atoms in total. The molecule has 0 bridgehead atoms.